The van der Waals surface area contributed by atoms with Gasteiger partial charge in [-0.25, -0.2) is 10.3 Å². The van der Waals surface area contributed by atoms with Crippen molar-refractivity contribution in [2.45, 2.75) is 45.1 Å². The standard InChI is InChI=1S/C25H33N3O5/c1-25(2,3)33-24(31)26-16-21(23(30)28(4)5)20-13-11-19(12-14-20)18-9-6-17(7-10-18)8-15-22(29)27-32/h6-7,9-14,21,32H,8,15-16H2,1-5H3,(H,26,31)(H,27,29). The maximum absolute atomic E-state index is 12.8. The fraction of sp³-hybridized carbons (Fsp3) is 0.400. The minimum Gasteiger partial charge on any atom is -0.444 e. The number of aryl methyl sites for hydroxylation is 1. The summed E-state index contributed by atoms with van der Waals surface area (Å²) in [6.07, 6.45) is 0.181. The summed E-state index contributed by atoms with van der Waals surface area (Å²) in [6.45, 7) is 5.48. The average molecular weight is 456 g/mol. The molecule has 0 aliphatic rings. The van der Waals surface area contributed by atoms with Gasteiger partial charge in [0.15, 0.2) is 0 Å². The van der Waals surface area contributed by atoms with Crippen LogP contribution in [0.1, 0.15) is 44.2 Å². The van der Waals surface area contributed by atoms with Crippen LogP contribution < -0.4 is 10.8 Å². The summed E-state index contributed by atoms with van der Waals surface area (Å²) in [5.41, 5.74) is 4.77. The summed E-state index contributed by atoms with van der Waals surface area (Å²) in [5, 5.41) is 11.3. The smallest absolute Gasteiger partial charge is 0.407 e. The summed E-state index contributed by atoms with van der Waals surface area (Å²) in [7, 11) is 3.37. The van der Waals surface area contributed by atoms with E-state index in [1.807, 2.05) is 48.5 Å². The van der Waals surface area contributed by atoms with Crippen molar-refractivity contribution in [1.29, 1.82) is 0 Å². The summed E-state index contributed by atoms with van der Waals surface area (Å²) in [6, 6.07) is 15.5. The van der Waals surface area contributed by atoms with Gasteiger partial charge in [-0.3, -0.25) is 14.8 Å². The second-order valence-corrected chi connectivity index (χ2v) is 9.02. The van der Waals surface area contributed by atoms with Gasteiger partial charge in [-0.15, -0.1) is 0 Å². The highest BCUT2D eigenvalue weighted by Crippen LogP contribution is 2.24. The molecule has 2 aromatic rings. The van der Waals surface area contributed by atoms with E-state index in [1.165, 1.54) is 4.90 Å². The van der Waals surface area contributed by atoms with Gasteiger partial charge in [-0.05, 0) is 49.4 Å². The minimum atomic E-state index is -0.617. The Bertz CT molecular complexity index is 948. The molecule has 0 spiro atoms. The second-order valence-electron chi connectivity index (χ2n) is 9.02. The SMILES string of the molecule is CN(C)C(=O)C(CNC(=O)OC(C)(C)C)c1ccc(-c2ccc(CCC(=O)NO)cc2)cc1. The van der Waals surface area contributed by atoms with Crippen LogP contribution in [0.25, 0.3) is 11.1 Å². The van der Waals surface area contributed by atoms with Gasteiger partial charge in [-0.1, -0.05) is 48.5 Å². The molecule has 8 nitrogen and oxygen atoms in total. The highest BCUT2D eigenvalue weighted by atomic mass is 16.6. The van der Waals surface area contributed by atoms with Crippen LogP contribution in [-0.4, -0.2) is 54.3 Å². The number of benzene rings is 2. The summed E-state index contributed by atoms with van der Waals surface area (Å²) in [5.74, 6) is -1.07. The largest absolute Gasteiger partial charge is 0.444 e. The number of likely N-dealkylation sites (N-methyl/N-ethyl adjacent to an activating group) is 1. The lowest BCUT2D eigenvalue weighted by molar-refractivity contribution is -0.130. The Labute approximate surface area is 194 Å². The van der Waals surface area contributed by atoms with Crippen molar-refractivity contribution in [1.82, 2.24) is 15.7 Å². The molecule has 0 saturated heterocycles. The molecule has 0 radical (unpaired) electrons. The fourth-order valence-electron chi connectivity index (χ4n) is 3.24. The predicted octanol–water partition coefficient (Wildman–Crippen LogP) is 3.49. The van der Waals surface area contributed by atoms with Crippen molar-refractivity contribution >= 4 is 17.9 Å². The highest BCUT2D eigenvalue weighted by molar-refractivity contribution is 5.84. The molecule has 0 aromatic heterocycles. The number of rotatable bonds is 8. The van der Waals surface area contributed by atoms with E-state index in [4.69, 9.17) is 9.94 Å². The molecule has 0 aliphatic carbocycles. The number of alkyl carbamates (subject to hydrolysis) is 1. The number of hydrogen-bond acceptors (Lipinski definition) is 5. The van der Waals surface area contributed by atoms with Crippen LogP contribution in [0.3, 0.4) is 0 Å². The van der Waals surface area contributed by atoms with E-state index in [1.54, 1.807) is 40.3 Å². The van der Waals surface area contributed by atoms with Gasteiger partial charge < -0.3 is 15.0 Å². The minimum absolute atomic E-state index is 0.116. The quantitative estimate of drug-likeness (QED) is 0.417. The summed E-state index contributed by atoms with van der Waals surface area (Å²) < 4.78 is 5.28. The van der Waals surface area contributed by atoms with Crippen LogP contribution in [-0.2, 0) is 20.7 Å². The lowest BCUT2D eigenvalue weighted by Gasteiger charge is -2.23. The van der Waals surface area contributed by atoms with Crippen molar-refractivity contribution in [3.63, 3.8) is 0 Å². The normalized spacial score (nSPS) is 11.9. The number of hydroxylamine groups is 1. The predicted molar refractivity (Wildman–Crippen MR) is 126 cm³/mol. The molecular weight excluding hydrogens is 422 g/mol. The van der Waals surface area contributed by atoms with E-state index in [-0.39, 0.29) is 18.9 Å². The molecule has 0 heterocycles. The second kappa shape index (κ2) is 11.5. The zero-order valence-corrected chi connectivity index (χ0v) is 19.8. The zero-order chi connectivity index (χ0) is 24.6. The van der Waals surface area contributed by atoms with Gasteiger partial charge in [0, 0.05) is 27.1 Å². The third-order valence-electron chi connectivity index (χ3n) is 4.95. The maximum Gasteiger partial charge on any atom is 0.407 e. The van der Waals surface area contributed by atoms with Crippen molar-refractivity contribution in [2.24, 2.45) is 0 Å². The number of carbonyl (C=O) groups is 3. The molecule has 0 saturated carbocycles. The van der Waals surface area contributed by atoms with Crippen LogP contribution in [0.15, 0.2) is 48.5 Å². The van der Waals surface area contributed by atoms with E-state index < -0.39 is 23.5 Å². The Balaban J connectivity index is 2.12. The molecule has 0 fully saturated rings. The van der Waals surface area contributed by atoms with Crippen LogP contribution in [0, 0.1) is 0 Å². The maximum atomic E-state index is 12.8. The van der Waals surface area contributed by atoms with Gasteiger partial charge >= 0.3 is 6.09 Å². The Kier molecular flexibility index (Phi) is 8.99. The molecule has 3 amide bonds. The molecule has 1 atom stereocenters. The van der Waals surface area contributed by atoms with E-state index in [9.17, 15) is 14.4 Å². The van der Waals surface area contributed by atoms with E-state index in [2.05, 4.69) is 5.32 Å². The van der Waals surface area contributed by atoms with E-state index >= 15 is 0 Å². The molecule has 2 aromatic carbocycles. The van der Waals surface area contributed by atoms with Crippen molar-refractivity contribution < 1.29 is 24.3 Å². The van der Waals surface area contributed by atoms with Gasteiger partial charge in [0.2, 0.25) is 11.8 Å². The first kappa shape index (κ1) is 25.9. The van der Waals surface area contributed by atoms with Crippen LogP contribution in [0.4, 0.5) is 4.79 Å². The van der Waals surface area contributed by atoms with Gasteiger partial charge in [0.25, 0.3) is 0 Å². The van der Waals surface area contributed by atoms with Crippen molar-refractivity contribution in [2.75, 3.05) is 20.6 Å². The lowest BCUT2D eigenvalue weighted by atomic mass is 9.94. The monoisotopic (exact) mass is 455 g/mol. The topological polar surface area (TPSA) is 108 Å². The summed E-state index contributed by atoms with van der Waals surface area (Å²) >= 11 is 0. The van der Waals surface area contributed by atoms with Crippen molar-refractivity contribution in [3.8, 4) is 11.1 Å². The van der Waals surface area contributed by atoms with Crippen LogP contribution in [0.2, 0.25) is 0 Å². The average Bonchev–Trinajstić information content (AvgIpc) is 2.77. The van der Waals surface area contributed by atoms with Crippen LogP contribution >= 0.6 is 0 Å². The third-order valence-corrected chi connectivity index (χ3v) is 4.95. The number of carbonyl (C=O) groups excluding carboxylic acids is 3. The first-order valence-corrected chi connectivity index (χ1v) is 10.8. The molecule has 0 aliphatic heterocycles. The lowest BCUT2D eigenvalue weighted by Crippen LogP contribution is -2.39. The van der Waals surface area contributed by atoms with Gasteiger partial charge in [0.1, 0.15) is 5.60 Å². The Morgan fingerprint density at radius 1 is 0.970 bits per heavy atom. The first-order chi connectivity index (χ1) is 15.5. The van der Waals surface area contributed by atoms with E-state index in [0.717, 1.165) is 22.3 Å². The zero-order valence-electron chi connectivity index (χ0n) is 19.8. The van der Waals surface area contributed by atoms with Crippen LogP contribution in [0.5, 0.6) is 0 Å². The number of amides is 3. The fourth-order valence-corrected chi connectivity index (χ4v) is 3.24. The van der Waals surface area contributed by atoms with Gasteiger partial charge in [0.05, 0.1) is 5.92 Å². The summed E-state index contributed by atoms with van der Waals surface area (Å²) in [4.78, 5) is 37.5. The third kappa shape index (κ3) is 8.23. The molecule has 1 unspecified atom stereocenters. The number of hydrogen-bond donors (Lipinski definition) is 3. The molecule has 33 heavy (non-hydrogen) atoms. The molecule has 178 valence electrons. The number of ether oxygens (including phenoxy) is 1. The van der Waals surface area contributed by atoms with Crippen molar-refractivity contribution in [3.05, 3.63) is 59.7 Å². The van der Waals surface area contributed by atoms with E-state index in [0.29, 0.717) is 6.42 Å². The highest BCUT2D eigenvalue weighted by Gasteiger charge is 2.24. The Hall–Kier alpha value is -3.39. The molecule has 8 heteroatoms. The Morgan fingerprint density at radius 2 is 1.52 bits per heavy atom. The first-order valence-electron chi connectivity index (χ1n) is 10.8. The molecule has 2 rings (SSSR count). The number of nitrogens with zero attached hydrogens (tertiary/aromatic N) is 1. The molecule has 3 N–H and O–H groups in total. The molecule has 0 bridgehead atoms. The number of nitrogens with one attached hydrogen (secondary N) is 2. The Morgan fingerprint density at radius 3 is 2.00 bits per heavy atom. The molecular formula is C25H33N3O5. The van der Waals surface area contributed by atoms with Gasteiger partial charge in [-0.2, -0.15) is 0 Å².